The van der Waals surface area contributed by atoms with E-state index in [0.29, 0.717) is 18.8 Å². The number of oxime groups is 1. The van der Waals surface area contributed by atoms with Crippen molar-refractivity contribution in [2.24, 2.45) is 22.2 Å². The smallest absolute Gasteiger partial charge is 0.236 e. The molecule has 1 saturated carbocycles. The first kappa shape index (κ1) is 15.8. The highest BCUT2D eigenvalue weighted by Gasteiger charge is 2.45. The summed E-state index contributed by atoms with van der Waals surface area (Å²) in [5.41, 5.74) is 5.05. The molecule has 5 heteroatoms. The second kappa shape index (κ2) is 6.78. The number of hydrogen-bond donors (Lipinski definition) is 2. The predicted octanol–water partition coefficient (Wildman–Crippen LogP) is 2.19. The van der Waals surface area contributed by atoms with Crippen molar-refractivity contribution in [1.29, 1.82) is 0 Å². The van der Waals surface area contributed by atoms with Crippen LogP contribution < -0.4 is 5.73 Å². The van der Waals surface area contributed by atoms with Gasteiger partial charge in [-0.25, -0.2) is 0 Å². The first-order valence-corrected chi connectivity index (χ1v) is 7.21. The number of rotatable bonds is 5. The van der Waals surface area contributed by atoms with E-state index in [2.05, 4.69) is 19.0 Å². The number of carbonyl (C=O) groups is 1. The van der Waals surface area contributed by atoms with Crippen molar-refractivity contribution in [2.45, 2.75) is 52.4 Å². The van der Waals surface area contributed by atoms with E-state index in [-0.39, 0.29) is 11.7 Å². The molecule has 0 aromatic carbocycles. The third-order valence-electron chi connectivity index (χ3n) is 4.34. The van der Waals surface area contributed by atoms with Crippen molar-refractivity contribution in [3.05, 3.63) is 0 Å². The summed E-state index contributed by atoms with van der Waals surface area (Å²) in [5.74, 6) is 0.540. The summed E-state index contributed by atoms with van der Waals surface area (Å²) in [6.07, 6.45) is 5.44. The van der Waals surface area contributed by atoms with Gasteiger partial charge in [0, 0.05) is 13.6 Å². The minimum atomic E-state index is -0.783. The first-order valence-electron chi connectivity index (χ1n) is 7.21. The zero-order chi connectivity index (χ0) is 14.5. The van der Waals surface area contributed by atoms with Gasteiger partial charge in [-0.3, -0.25) is 4.79 Å². The number of nitrogens with two attached hydrogens (primary N) is 1. The van der Waals surface area contributed by atoms with Crippen LogP contribution in [0.3, 0.4) is 0 Å². The molecule has 0 saturated heterocycles. The molecule has 0 spiro atoms. The van der Waals surface area contributed by atoms with Crippen LogP contribution in [0.25, 0.3) is 0 Å². The summed E-state index contributed by atoms with van der Waals surface area (Å²) >= 11 is 0. The first-order chi connectivity index (χ1) is 8.97. The molecule has 3 N–H and O–H groups in total. The molecule has 1 atom stereocenters. The minimum absolute atomic E-state index is 0.00259. The lowest BCUT2D eigenvalue weighted by molar-refractivity contribution is -0.139. The fraction of sp³-hybridized carbons (Fsp3) is 0.857. The normalized spacial score (nSPS) is 20.9. The van der Waals surface area contributed by atoms with Gasteiger partial charge in [0.05, 0.1) is 0 Å². The molecule has 1 aliphatic carbocycles. The Morgan fingerprint density at radius 2 is 2.00 bits per heavy atom. The van der Waals surface area contributed by atoms with Crippen molar-refractivity contribution in [3.63, 3.8) is 0 Å². The van der Waals surface area contributed by atoms with E-state index in [1.807, 2.05) is 7.05 Å². The molecule has 0 radical (unpaired) electrons. The summed E-state index contributed by atoms with van der Waals surface area (Å²) < 4.78 is 0. The van der Waals surface area contributed by atoms with Gasteiger partial charge in [-0.05, 0) is 18.8 Å². The average molecular weight is 269 g/mol. The monoisotopic (exact) mass is 269 g/mol. The molecular weight excluding hydrogens is 242 g/mol. The van der Waals surface area contributed by atoms with Gasteiger partial charge < -0.3 is 15.8 Å². The van der Waals surface area contributed by atoms with Crippen LogP contribution in [0.5, 0.6) is 0 Å². The van der Waals surface area contributed by atoms with Gasteiger partial charge in [0.2, 0.25) is 5.91 Å². The lowest BCUT2D eigenvalue weighted by Gasteiger charge is -2.38. The standard InChI is InChI=1S/C14H27N3O2/c1-4-11(2)10-17(3)13(18)14(12(15)16-19)8-6-5-7-9-14/h11,19H,4-10H2,1-3H3,(H2,15,16). The number of amides is 1. The molecule has 19 heavy (non-hydrogen) atoms. The quantitative estimate of drug-likeness (QED) is 0.347. The molecule has 1 aliphatic rings. The van der Waals surface area contributed by atoms with Crippen molar-refractivity contribution >= 4 is 11.7 Å². The largest absolute Gasteiger partial charge is 0.409 e. The summed E-state index contributed by atoms with van der Waals surface area (Å²) in [4.78, 5) is 14.5. The van der Waals surface area contributed by atoms with E-state index in [1.165, 1.54) is 0 Å². The Morgan fingerprint density at radius 3 is 2.47 bits per heavy atom. The van der Waals surface area contributed by atoms with Gasteiger partial charge in [0.1, 0.15) is 5.41 Å². The van der Waals surface area contributed by atoms with Gasteiger partial charge in [0.25, 0.3) is 0 Å². The van der Waals surface area contributed by atoms with Crippen molar-refractivity contribution < 1.29 is 10.0 Å². The highest BCUT2D eigenvalue weighted by Crippen LogP contribution is 2.38. The van der Waals surface area contributed by atoms with Crippen LogP contribution in [0.4, 0.5) is 0 Å². The molecule has 110 valence electrons. The van der Waals surface area contributed by atoms with Gasteiger partial charge in [0.15, 0.2) is 5.84 Å². The fourth-order valence-electron chi connectivity index (χ4n) is 2.88. The SMILES string of the molecule is CCC(C)CN(C)C(=O)C1(C(N)=NO)CCCCC1. The fourth-order valence-corrected chi connectivity index (χ4v) is 2.88. The Balaban J connectivity index is 2.89. The molecule has 0 aliphatic heterocycles. The van der Waals surface area contributed by atoms with Crippen LogP contribution in [0.2, 0.25) is 0 Å². The van der Waals surface area contributed by atoms with Crippen molar-refractivity contribution in [1.82, 2.24) is 4.90 Å². The predicted molar refractivity (Wildman–Crippen MR) is 76.0 cm³/mol. The van der Waals surface area contributed by atoms with E-state index in [4.69, 9.17) is 10.9 Å². The molecular formula is C14H27N3O2. The Kier molecular flexibility index (Phi) is 5.63. The Morgan fingerprint density at radius 1 is 1.42 bits per heavy atom. The maximum absolute atomic E-state index is 12.7. The molecule has 1 amide bonds. The topological polar surface area (TPSA) is 78.9 Å². The third-order valence-corrected chi connectivity index (χ3v) is 4.34. The van der Waals surface area contributed by atoms with E-state index < -0.39 is 5.41 Å². The number of hydrogen-bond acceptors (Lipinski definition) is 3. The zero-order valence-corrected chi connectivity index (χ0v) is 12.4. The highest BCUT2D eigenvalue weighted by atomic mass is 16.4. The molecule has 0 bridgehead atoms. The van der Waals surface area contributed by atoms with Crippen molar-refractivity contribution in [2.75, 3.05) is 13.6 Å². The Bertz CT molecular complexity index is 336. The second-order valence-electron chi connectivity index (χ2n) is 5.83. The lowest BCUT2D eigenvalue weighted by atomic mass is 9.72. The third kappa shape index (κ3) is 3.39. The molecule has 5 nitrogen and oxygen atoms in total. The van der Waals surface area contributed by atoms with E-state index >= 15 is 0 Å². The summed E-state index contributed by atoms with van der Waals surface area (Å²) in [5, 5.41) is 12.1. The van der Waals surface area contributed by atoms with E-state index in [9.17, 15) is 4.79 Å². The Labute approximate surface area is 115 Å². The van der Waals surface area contributed by atoms with Gasteiger partial charge in [-0.15, -0.1) is 0 Å². The van der Waals surface area contributed by atoms with E-state index in [1.54, 1.807) is 4.90 Å². The number of nitrogens with zero attached hydrogens (tertiary/aromatic N) is 2. The highest BCUT2D eigenvalue weighted by molar-refractivity contribution is 6.06. The maximum atomic E-state index is 12.7. The number of carbonyl (C=O) groups excluding carboxylic acids is 1. The average Bonchev–Trinajstić information content (AvgIpc) is 2.45. The minimum Gasteiger partial charge on any atom is -0.409 e. The van der Waals surface area contributed by atoms with Gasteiger partial charge >= 0.3 is 0 Å². The molecule has 0 aromatic rings. The van der Waals surface area contributed by atoms with Gasteiger partial charge in [-0.2, -0.15) is 0 Å². The van der Waals surface area contributed by atoms with Crippen LogP contribution in [0.1, 0.15) is 52.4 Å². The summed E-state index contributed by atoms with van der Waals surface area (Å²) in [7, 11) is 1.81. The van der Waals surface area contributed by atoms with Crippen LogP contribution in [0, 0.1) is 11.3 Å². The second-order valence-corrected chi connectivity index (χ2v) is 5.83. The molecule has 1 unspecified atom stereocenters. The number of amidine groups is 1. The van der Waals surface area contributed by atoms with E-state index in [0.717, 1.165) is 32.2 Å². The molecule has 0 aromatic heterocycles. The lowest BCUT2D eigenvalue weighted by Crippen LogP contribution is -2.52. The molecule has 1 fully saturated rings. The van der Waals surface area contributed by atoms with Crippen LogP contribution in [-0.2, 0) is 4.79 Å². The molecule has 1 rings (SSSR count). The summed E-state index contributed by atoms with van der Waals surface area (Å²) in [6, 6.07) is 0. The molecule has 0 heterocycles. The van der Waals surface area contributed by atoms with Crippen LogP contribution in [0.15, 0.2) is 5.16 Å². The van der Waals surface area contributed by atoms with Gasteiger partial charge in [-0.1, -0.05) is 44.7 Å². The zero-order valence-electron chi connectivity index (χ0n) is 12.4. The summed E-state index contributed by atoms with van der Waals surface area (Å²) in [6.45, 7) is 4.96. The van der Waals surface area contributed by atoms with Crippen LogP contribution in [-0.4, -0.2) is 35.4 Å². The van der Waals surface area contributed by atoms with Crippen molar-refractivity contribution in [3.8, 4) is 0 Å². The van der Waals surface area contributed by atoms with Crippen LogP contribution >= 0.6 is 0 Å². The maximum Gasteiger partial charge on any atom is 0.236 e. The Hall–Kier alpha value is -1.26.